The van der Waals surface area contributed by atoms with Crippen LogP contribution in [-0.2, 0) is 0 Å². The van der Waals surface area contributed by atoms with Crippen LogP contribution >= 0.6 is 15.9 Å². The molecular formula is C14H17BrN2. The van der Waals surface area contributed by atoms with Crippen LogP contribution in [0.5, 0.6) is 0 Å². The molecular weight excluding hydrogens is 276 g/mol. The van der Waals surface area contributed by atoms with Crippen molar-refractivity contribution >= 4 is 21.6 Å². The van der Waals surface area contributed by atoms with Crippen LogP contribution in [-0.4, -0.2) is 9.38 Å². The molecule has 0 N–H and O–H groups in total. The number of fused-ring (bicyclic) bond motifs is 1. The first-order valence-corrected chi connectivity index (χ1v) is 7.20. The molecule has 3 rings (SSSR count). The number of pyridine rings is 1. The minimum atomic E-state index is 0.650. The van der Waals surface area contributed by atoms with Gasteiger partial charge in [-0.2, -0.15) is 0 Å². The molecule has 2 aromatic rings. The number of aryl methyl sites for hydroxylation is 1. The van der Waals surface area contributed by atoms with E-state index < -0.39 is 0 Å². The van der Waals surface area contributed by atoms with E-state index >= 15 is 0 Å². The molecule has 0 aromatic carbocycles. The normalized spacial score (nSPS) is 17.8. The van der Waals surface area contributed by atoms with Crippen molar-refractivity contribution in [2.75, 3.05) is 0 Å². The van der Waals surface area contributed by atoms with Crippen molar-refractivity contribution in [2.45, 2.75) is 44.9 Å². The third-order valence-electron chi connectivity index (χ3n) is 3.80. The summed E-state index contributed by atoms with van der Waals surface area (Å²) in [6, 6.07) is 6.29. The number of nitrogens with zero attached hydrogens (tertiary/aromatic N) is 2. The van der Waals surface area contributed by atoms with E-state index in [1.54, 1.807) is 0 Å². The average molecular weight is 293 g/mol. The first kappa shape index (κ1) is 11.3. The highest BCUT2D eigenvalue weighted by atomic mass is 79.9. The molecule has 2 heterocycles. The zero-order chi connectivity index (χ0) is 11.8. The highest BCUT2D eigenvalue weighted by Crippen LogP contribution is 2.36. The van der Waals surface area contributed by atoms with E-state index in [0.717, 1.165) is 10.3 Å². The first-order valence-electron chi connectivity index (χ1n) is 6.41. The van der Waals surface area contributed by atoms with Gasteiger partial charge in [-0.1, -0.05) is 25.3 Å². The minimum Gasteiger partial charge on any atom is -0.291 e. The third-order valence-corrected chi connectivity index (χ3v) is 4.56. The molecule has 0 saturated heterocycles. The van der Waals surface area contributed by atoms with Crippen LogP contribution in [0.2, 0.25) is 0 Å². The van der Waals surface area contributed by atoms with Gasteiger partial charge in [-0.25, -0.2) is 4.98 Å². The minimum absolute atomic E-state index is 0.650. The summed E-state index contributed by atoms with van der Waals surface area (Å²) in [5.74, 6) is 0.650. The lowest BCUT2D eigenvalue weighted by molar-refractivity contribution is 0.436. The van der Waals surface area contributed by atoms with Gasteiger partial charge >= 0.3 is 0 Å². The maximum Gasteiger partial charge on any atom is 0.138 e. The maximum atomic E-state index is 4.81. The molecule has 0 amide bonds. The molecule has 0 spiro atoms. The molecule has 0 unspecified atom stereocenters. The number of hydrogen-bond donors (Lipinski definition) is 0. The summed E-state index contributed by atoms with van der Waals surface area (Å²) in [5, 5.41) is 0. The van der Waals surface area contributed by atoms with Crippen LogP contribution in [0.4, 0.5) is 0 Å². The Morgan fingerprint density at radius 2 is 2.00 bits per heavy atom. The SMILES string of the molecule is Cc1cccc2nc(C3CCCCC3)c(Br)n12. The van der Waals surface area contributed by atoms with Crippen LogP contribution in [0.25, 0.3) is 5.65 Å². The fourth-order valence-electron chi connectivity index (χ4n) is 2.87. The van der Waals surface area contributed by atoms with Gasteiger partial charge in [0.15, 0.2) is 0 Å². The molecule has 17 heavy (non-hydrogen) atoms. The van der Waals surface area contributed by atoms with Gasteiger partial charge in [0.2, 0.25) is 0 Å². The van der Waals surface area contributed by atoms with E-state index in [2.05, 4.69) is 45.5 Å². The van der Waals surface area contributed by atoms with Gasteiger partial charge in [-0.15, -0.1) is 0 Å². The van der Waals surface area contributed by atoms with Gasteiger partial charge in [0, 0.05) is 11.6 Å². The summed E-state index contributed by atoms with van der Waals surface area (Å²) in [7, 11) is 0. The molecule has 0 atom stereocenters. The second-order valence-electron chi connectivity index (χ2n) is 4.98. The lowest BCUT2D eigenvalue weighted by atomic mass is 9.87. The van der Waals surface area contributed by atoms with Gasteiger partial charge < -0.3 is 0 Å². The van der Waals surface area contributed by atoms with E-state index in [9.17, 15) is 0 Å². The predicted molar refractivity (Wildman–Crippen MR) is 73.5 cm³/mol. The molecule has 3 heteroatoms. The zero-order valence-electron chi connectivity index (χ0n) is 10.1. The fourth-order valence-corrected chi connectivity index (χ4v) is 3.74. The van der Waals surface area contributed by atoms with Gasteiger partial charge in [-0.3, -0.25) is 4.40 Å². The Hall–Kier alpha value is -0.830. The molecule has 1 saturated carbocycles. The molecule has 1 fully saturated rings. The molecule has 0 bridgehead atoms. The molecule has 1 aliphatic rings. The van der Waals surface area contributed by atoms with Gasteiger partial charge in [-0.05, 0) is 47.8 Å². The van der Waals surface area contributed by atoms with Crippen LogP contribution in [0.1, 0.15) is 49.4 Å². The third kappa shape index (κ3) is 1.90. The average Bonchev–Trinajstić information content (AvgIpc) is 2.69. The monoisotopic (exact) mass is 292 g/mol. The number of halogens is 1. The Kier molecular flexibility index (Phi) is 2.95. The summed E-state index contributed by atoms with van der Waals surface area (Å²) in [6.45, 7) is 2.13. The van der Waals surface area contributed by atoms with Gasteiger partial charge in [0.05, 0.1) is 5.69 Å². The van der Waals surface area contributed by atoms with Crippen molar-refractivity contribution in [3.05, 3.63) is 34.2 Å². The summed E-state index contributed by atoms with van der Waals surface area (Å²) < 4.78 is 3.38. The van der Waals surface area contributed by atoms with E-state index in [4.69, 9.17) is 4.98 Å². The summed E-state index contributed by atoms with van der Waals surface area (Å²) in [4.78, 5) is 4.81. The number of imidazole rings is 1. The zero-order valence-corrected chi connectivity index (χ0v) is 11.7. The van der Waals surface area contributed by atoms with E-state index in [-0.39, 0.29) is 0 Å². The largest absolute Gasteiger partial charge is 0.291 e. The topological polar surface area (TPSA) is 17.3 Å². The van der Waals surface area contributed by atoms with Crippen molar-refractivity contribution in [1.29, 1.82) is 0 Å². The van der Waals surface area contributed by atoms with E-state index in [1.807, 2.05) is 0 Å². The summed E-state index contributed by atoms with van der Waals surface area (Å²) in [6.07, 6.45) is 6.68. The van der Waals surface area contributed by atoms with Crippen LogP contribution in [0.15, 0.2) is 22.8 Å². The molecule has 2 aromatic heterocycles. The quantitative estimate of drug-likeness (QED) is 0.759. The lowest BCUT2D eigenvalue weighted by Crippen LogP contribution is -2.05. The van der Waals surface area contributed by atoms with Gasteiger partial charge in [0.1, 0.15) is 10.3 Å². The Morgan fingerprint density at radius 1 is 1.24 bits per heavy atom. The maximum absolute atomic E-state index is 4.81. The number of rotatable bonds is 1. The standard InChI is InChI=1S/C14H17BrN2/c1-10-6-5-9-12-16-13(14(15)17(10)12)11-7-3-2-4-8-11/h5-6,9,11H,2-4,7-8H2,1H3. The Bertz CT molecular complexity index is 538. The summed E-state index contributed by atoms with van der Waals surface area (Å²) >= 11 is 3.74. The Morgan fingerprint density at radius 3 is 2.71 bits per heavy atom. The van der Waals surface area contributed by atoms with Crippen molar-refractivity contribution in [3.63, 3.8) is 0 Å². The molecule has 1 aliphatic carbocycles. The Labute approximate surface area is 110 Å². The smallest absolute Gasteiger partial charge is 0.138 e. The first-order chi connectivity index (χ1) is 8.27. The van der Waals surface area contributed by atoms with Crippen LogP contribution < -0.4 is 0 Å². The van der Waals surface area contributed by atoms with E-state index in [1.165, 1.54) is 43.5 Å². The molecule has 90 valence electrons. The number of aromatic nitrogens is 2. The Balaban J connectivity index is 2.10. The van der Waals surface area contributed by atoms with E-state index in [0.29, 0.717) is 5.92 Å². The highest BCUT2D eigenvalue weighted by Gasteiger charge is 2.22. The fraction of sp³-hybridized carbons (Fsp3) is 0.500. The van der Waals surface area contributed by atoms with Crippen molar-refractivity contribution in [1.82, 2.24) is 9.38 Å². The predicted octanol–water partition coefficient (Wildman–Crippen LogP) is 4.45. The second-order valence-corrected chi connectivity index (χ2v) is 5.73. The highest BCUT2D eigenvalue weighted by molar-refractivity contribution is 9.10. The van der Waals surface area contributed by atoms with Gasteiger partial charge in [0.25, 0.3) is 0 Å². The van der Waals surface area contributed by atoms with Crippen molar-refractivity contribution in [3.8, 4) is 0 Å². The molecule has 0 radical (unpaired) electrons. The van der Waals surface area contributed by atoms with Crippen LogP contribution in [0.3, 0.4) is 0 Å². The molecule has 0 aliphatic heterocycles. The van der Waals surface area contributed by atoms with Crippen molar-refractivity contribution in [2.24, 2.45) is 0 Å². The lowest BCUT2D eigenvalue weighted by Gasteiger charge is -2.19. The van der Waals surface area contributed by atoms with Crippen molar-refractivity contribution < 1.29 is 0 Å². The summed E-state index contributed by atoms with van der Waals surface area (Å²) in [5.41, 5.74) is 3.57. The second kappa shape index (κ2) is 4.45. The van der Waals surface area contributed by atoms with Crippen LogP contribution in [0, 0.1) is 6.92 Å². The molecule has 2 nitrogen and oxygen atoms in total. The number of hydrogen-bond acceptors (Lipinski definition) is 1.